The van der Waals surface area contributed by atoms with Gasteiger partial charge in [0.2, 0.25) is 0 Å². The Morgan fingerprint density at radius 3 is 2.50 bits per heavy atom. The standard InChI is InChI=1S/C22H26O4.C2H6/c1-13(23)25-16-5-7-17-15(12-16)4-6-19-18(17)10-11-22(3)20(19)8-9-21(22)26-14(2)24;1-2/h5,7-9,12,18-21H,4,6,10-11H2,1-3H3;1-2H3/t18-,19-,20+,21?,22?;/m1./s1. The summed E-state index contributed by atoms with van der Waals surface area (Å²) in [6, 6.07) is 6.10. The lowest BCUT2D eigenvalue weighted by atomic mass is 9.55. The van der Waals surface area contributed by atoms with E-state index in [9.17, 15) is 9.59 Å². The third-order valence-electron chi connectivity index (χ3n) is 6.69. The molecule has 28 heavy (non-hydrogen) atoms. The van der Waals surface area contributed by atoms with Gasteiger partial charge in [0, 0.05) is 19.3 Å². The van der Waals surface area contributed by atoms with Gasteiger partial charge in [-0.3, -0.25) is 9.59 Å². The molecular formula is C24H32O4. The molecule has 3 aliphatic rings. The number of aryl methyl sites for hydroxylation is 1. The van der Waals surface area contributed by atoms with Gasteiger partial charge >= 0.3 is 11.9 Å². The van der Waals surface area contributed by atoms with E-state index in [1.807, 2.05) is 26.0 Å². The highest BCUT2D eigenvalue weighted by atomic mass is 16.5. The minimum Gasteiger partial charge on any atom is -0.458 e. The van der Waals surface area contributed by atoms with Gasteiger partial charge in [0.05, 0.1) is 0 Å². The minimum absolute atomic E-state index is 0.0159. The number of rotatable bonds is 2. The van der Waals surface area contributed by atoms with Crippen molar-refractivity contribution < 1.29 is 19.1 Å². The average molecular weight is 385 g/mol. The molecule has 3 aliphatic carbocycles. The van der Waals surface area contributed by atoms with Gasteiger partial charge in [-0.15, -0.1) is 0 Å². The van der Waals surface area contributed by atoms with Crippen LogP contribution in [0.25, 0.3) is 0 Å². The summed E-state index contributed by atoms with van der Waals surface area (Å²) in [5.41, 5.74) is 2.73. The molecule has 2 unspecified atom stereocenters. The molecule has 0 bridgehead atoms. The Kier molecular flexibility index (Phi) is 5.97. The van der Waals surface area contributed by atoms with E-state index in [0.29, 0.717) is 23.5 Å². The fourth-order valence-corrected chi connectivity index (χ4v) is 5.55. The molecule has 1 saturated carbocycles. The first kappa shape index (κ1) is 20.6. The molecule has 0 radical (unpaired) electrons. The maximum Gasteiger partial charge on any atom is 0.308 e. The van der Waals surface area contributed by atoms with Crippen molar-refractivity contribution in [3.8, 4) is 5.75 Å². The van der Waals surface area contributed by atoms with Crippen LogP contribution in [-0.4, -0.2) is 18.0 Å². The Labute approximate surface area is 168 Å². The Bertz CT molecular complexity index is 781. The molecule has 0 amide bonds. The van der Waals surface area contributed by atoms with Crippen LogP contribution in [0.3, 0.4) is 0 Å². The van der Waals surface area contributed by atoms with Gasteiger partial charge in [0.1, 0.15) is 11.9 Å². The Morgan fingerprint density at radius 2 is 1.82 bits per heavy atom. The smallest absolute Gasteiger partial charge is 0.308 e. The highest BCUT2D eigenvalue weighted by Gasteiger charge is 2.53. The van der Waals surface area contributed by atoms with Crippen molar-refractivity contribution in [2.75, 3.05) is 0 Å². The lowest BCUT2D eigenvalue weighted by molar-refractivity contribution is -0.152. The second-order valence-electron chi connectivity index (χ2n) is 8.25. The Balaban J connectivity index is 0.00000109. The van der Waals surface area contributed by atoms with Crippen molar-refractivity contribution in [3.63, 3.8) is 0 Å². The maximum absolute atomic E-state index is 11.5. The average Bonchev–Trinajstić information content (AvgIpc) is 2.98. The van der Waals surface area contributed by atoms with E-state index in [2.05, 4.69) is 25.1 Å². The number of fused-ring (bicyclic) bond motifs is 5. The minimum atomic E-state index is -0.278. The number of esters is 2. The zero-order valence-corrected chi connectivity index (χ0v) is 17.7. The quantitative estimate of drug-likeness (QED) is 0.399. The van der Waals surface area contributed by atoms with E-state index in [-0.39, 0.29) is 23.5 Å². The van der Waals surface area contributed by atoms with Crippen LogP contribution in [-0.2, 0) is 20.7 Å². The zero-order chi connectivity index (χ0) is 20.5. The molecule has 1 fully saturated rings. The van der Waals surface area contributed by atoms with E-state index in [1.165, 1.54) is 25.0 Å². The van der Waals surface area contributed by atoms with Crippen LogP contribution in [0, 0.1) is 17.3 Å². The van der Waals surface area contributed by atoms with Gasteiger partial charge in [0.15, 0.2) is 0 Å². The van der Waals surface area contributed by atoms with Gasteiger partial charge in [-0.2, -0.15) is 0 Å². The second kappa shape index (κ2) is 8.10. The maximum atomic E-state index is 11.5. The predicted octanol–water partition coefficient (Wildman–Crippen LogP) is 5.20. The predicted molar refractivity (Wildman–Crippen MR) is 109 cm³/mol. The molecular weight excluding hydrogens is 352 g/mol. The van der Waals surface area contributed by atoms with Crippen molar-refractivity contribution in [3.05, 3.63) is 41.5 Å². The summed E-state index contributed by atoms with van der Waals surface area (Å²) in [5, 5.41) is 0. The summed E-state index contributed by atoms with van der Waals surface area (Å²) in [5.74, 6) is 1.73. The Hall–Kier alpha value is -2.10. The van der Waals surface area contributed by atoms with Gasteiger partial charge in [-0.25, -0.2) is 0 Å². The fourth-order valence-electron chi connectivity index (χ4n) is 5.55. The summed E-state index contributed by atoms with van der Waals surface area (Å²) < 4.78 is 10.9. The van der Waals surface area contributed by atoms with Crippen LogP contribution >= 0.6 is 0 Å². The van der Waals surface area contributed by atoms with E-state index in [0.717, 1.165) is 25.7 Å². The van der Waals surface area contributed by atoms with E-state index in [4.69, 9.17) is 9.47 Å². The second-order valence-corrected chi connectivity index (χ2v) is 8.25. The normalized spacial score (nSPS) is 32.2. The van der Waals surface area contributed by atoms with Crippen molar-refractivity contribution in [2.24, 2.45) is 17.3 Å². The Morgan fingerprint density at radius 1 is 1.07 bits per heavy atom. The van der Waals surface area contributed by atoms with Crippen LogP contribution in [0.2, 0.25) is 0 Å². The van der Waals surface area contributed by atoms with Crippen molar-refractivity contribution in [1.82, 2.24) is 0 Å². The molecule has 0 N–H and O–H groups in total. The SMILES string of the molecule is CC.CC(=O)Oc1ccc2c(c1)CC[C@@H]1[C@@H]2CCC2(C)C(OC(C)=O)C=C[C@@H]12. The van der Waals surface area contributed by atoms with Crippen LogP contribution in [0.4, 0.5) is 0 Å². The first-order chi connectivity index (χ1) is 13.4. The highest BCUT2D eigenvalue weighted by Crippen LogP contribution is 2.59. The lowest BCUT2D eigenvalue weighted by Crippen LogP contribution is -2.45. The molecule has 0 saturated heterocycles. The summed E-state index contributed by atoms with van der Waals surface area (Å²) in [7, 11) is 0. The third-order valence-corrected chi connectivity index (χ3v) is 6.69. The molecule has 4 heteroatoms. The number of ether oxygens (including phenoxy) is 2. The van der Waals surface area contributed by atoms with Gasteiger partial charge in [-0.05, 0) is 72.8 Å². The van der Waals surface area contributed by atoms with E-state index >= 15 is 0 Å². The highest BCUT2D eigenvalue weighted by molar-refractivity contribution is 5.69. The molecule has 0 heterocycles. The third kappa shape index (κ3) is 3.61. The van der Waals surface area contributed by atoms with Crippen LogP contribution < -0.4 is 4.74 Å². The number of allylic oxidation sites excluding steroid dienone is 1. The molecule has 1 aromatic carbocycles. The fraction of sp³-hybridized carbons (Fsp3) is 0.583. The number of benzene rings is 1. The largest absolute Gasteiger partial charge is 0.458 e. The number of hydrogen-bond donors (Lipinski definition) is 0. The summed E-state index contributed by atoms with van der Waals surface area (Å²) in [4.78, 5) is 22.7. The lowest BCUT2D eigenvalue weighted by Gasteiger charge is -2.50. The van der Waals surface area contributed by atoms with Crippen LogP contribution in [0.5, 0.6) is 5.75 Å². The summed E-state index contributed by atoms with van der Waals surface area (Å²) in [6.07, 6.45) is 8.59. The zero-order valence-electron chi connectivity index (χ0n) is 17.7. The monoisotopic (exact) mass is 384 g/mol. The summed E-state index contributed by atoms with van der Waals surface area (Å²) in [6.45, 7) is 9.21. The molecule has 0 aromatic heterocycles. The van der Waals surface area contributed by atoms with Gasteiger partial charge < -0.3 is 9.47 Å². The van der Waals surface area contributed by atoms with Crippen molar-refractivity contribution in [2.45, 2.75) is 72.3 Å². The molecule has 1 aromatic rings. The number of carbonyl (C=O) groups excluding carboxylic acids is 2. The molecule has 4 rings (SSSR count). The van der Waals surface area contributed by atoms with Crippen LogP contribution in [0.1, 0.15) is 70.9 Å². The first-order valence-electron chi connectivity index (χ1n) is 10.6. The topological polar surface area (TPSA) is 52.6 Å². The first-order valence-corrected chi connectivity index (χ1v) is 10.6. The number of carbonyl (C=O) groups is 2. The molecule has 4 nitrogen and oxygen atoms in total. The number of hydrogen-bond acceptors (Lipinski definition) is 4. The summed E-state index contributed by atoms with van der Waals surface area (Å²) >= 11 is 0. The van der Waals surface area contributed by atoms with Crippen molar-refractivity contribution >= 4 is 11.9 Å². The van der Waals surface area contributed by atoms with E-state index < -0.39 is 0 Å². The molecule has 0 spiro atoms. The molecule has 0 aliphatic heterocycles. The van der Waals surface area contributed by atoms with Crippen LogP contribution in [0.15, 0.2) is 30.4 Å². The van der Waals surface area contributed by atoms with Gasteiger partial charge in [0.25, 0.3) is 0 Å². The molecule has 152 valence electrons. The van der Waals surface area contributed by atoms with E-state index in [1.54, 1.807) is 0 Å². The molecule has 5 atom stereocenters. The van der Waals surface area contributed by atoms with Gasteiger partial charge in [-0.1, -0.05) is 32.9 Å². The van der Waals surface area contributed by atoms with Crippen molar-refractivity contribution in [1.29, 1.82) is 0 Å².